The van der Waals surface area contributed by atoms with Gasteiger partial charge in [0.25, 0.3) is 0 Å². The Morgan fingerprint density at radius 1 is 1.25 bits per heavy atom. The quantitative estimate of drug-likeness (QED) is 0.726. The minimum absolute atomic E-state index is 0.278. The number of rotatable bonds is 6. The van der Waals surface area contributed by atoms with Crippen LogP contribution in [-0.4, -0.2) is 32.0 Å². The second kappa shape index (κ2) is 6.35. The standard InChI is InChI=1S/C12H19NO3/c1-9(14)7-13-8-10-4-5-11(15-2)12(6-10)16-3/h4-6,9,13-14H,7-8H2,1-3H3/p+1/t9-/m0/s1. The van der Waals surface area contributed by atoms with E-state index in [9.17, 15) is 0 Å². The highest BCUT2D eigenvalue weighted by atomic mass is 16.5. The van der Waals surface area contributed by atoms with Crippen molar-refractivity contribution in [2.24, 2.45) is 0 Å². The van der Waals surface area contributed by atoms with Gasteiger partial charge in [0, 0.05) is 5.56 Å². The predicted octanol–water partition coefficient (Wildman–Crippen LogP) is 0.148. The molecule has 0 saturated heterocycles. The van der Waals surface area contributed by atoms with Gasteiger partial charge in [-0.05, 0) is 25.1 Å². The molecule has 0 aromatic heterocycles. The van der Waals surface area contributed by atoms with Crippen LogP contribution < -0.4 is 14.8 Å². The first-order valence-electron chi connectivity index (χ1n) is 5.38. The maximum absolute atomic E-state index is 9.14. The van der Waals surface area contributed by atoms with E-state index in [4.69, 9.17) is 14.6 Å². The van der Waals surface area contributed by atoms with E-state index >= 15 is 0 Å². The average molecular weight is 226 g/mol. The summed E-state index contributed by atoms with van der Waals surface area (Å²) < 4.78 is 10.4. The molecule has 0 unspecified atom stereocenters. The zero-order valence-corrected chi connectivity index (χ0v) is 10.1. The summed E-state index contributed by atoms with van der Waals surface area (Å²) in [6, 6.07) is 5.85. The van der Waals surface area contributed by atoms with Crippen LogP contribution in [0, 0.1) is 0 Å². The Morgan fingerprint density at radius 2 is 1.94 bits per heavy atom. The molecule has 0 bridgehead atoms. The number of aliphatic hydroxyl groups excluding tert-OH is 1. The topological polar surface area (TPSA) is 55.3 Å². The van der Waals surface area contributed by atoms with Crippen LogP contribution in [0.3, 0.4) is 0 Å². The summed E-state index contributed by atoms with van der Waals surface area (Å²) in [5.41, 5.74) is 1.15. The number of benzene rings is 1. The van der Waals surface area contributed by atoms with Gasteiger partial charge in [-0.25, -0.2) is 0 Å². The third-order valence-electron chi connectivity index (χ3n) is 2.34. The van der Waals surface area contributed by atoms with Crippen molar-refractivity contribution in [3.63, 3.8) is 0 Å². The number of aliphatic hydroxyl groups is 1. The number of hydrogen-bond acceptors (Lipinski definition) is 3. The van der Waals surface area contributed by atoms with Crippen LogP contribution in [0.5, 0.6) is 11.5 Å². The predicted molar refractivity (Wildman–Crippen MR) is 61.7 cm³/mol. The Kier molecular flexibility index (Phi) is 5.08. The van der Waals surface area contributed by atoms with Crippen LogP contribution in [-0.2, 0) is 6.54 Å². The fourth-order valence-corrected chi connectivity index (χ4v) is 1.50. The molecule has 3 N–H and O–H groups in total. The number of hydrogen-bond donors (Lipinski definition) is 2. The molecule has 0 spiro atoms. The molecule has 0 heterocycles. The highest BCUT2D eigenvalue weighted by molar-refractivity contribution is 5.42. The molecular formula is C12H20NO3+. The van der Waals surface area contributed by atoms with Crippen molar-refractivity contribution in [2.45, 2.75) is 19.6 Å². The number of nitrogens with two attached hydrogens (primary N) is 1. The molecule has 0 saturated carbocycles. The molecule has 1 aromatic carbocycles. The van der Waals surface area contributed by atoms with Gasteiger partial charge in [-0.2, -0.15) is 0 Å². The first-order valence-corrected chi connectivity index (χ1v) is 5.38. The highest BCUT2D eigenvalue weighted by Gasteiger charge is 2.05. The maximum atomic E-state index is 9.14. The van der Waals surface area contributed by atoms with E-state index in [1.54, 1.807) is 21.1 Å². The molecule has 0 aliphatic heterocycles. The molecule has 90 valence electrons. The lowest BCUT2D eigenvalue weighted by molar-refractivity contribution is -0.676. The Morgan fingerprint density at radius 3 is 2.50 bits per heavy atom. The van der Waals surface area contributed by atoms with E-state index in [-0.39, 0.29) is 6.10 Å². The van der Waals surface area contributed by atoms with Crippen LogP contribution in [0.15, 0.2) is 18.2 Å². The summed E-state index contributed by atoms with van der Waals surface area (Å²) in [4.78, 5) is 0. The van der Waals surface area contributed by atoms with E-state index in [1.807, 2.05) is 18.2 Å². The summed E-state index contributed by atoms with van der Waals surface area (Å²) in [5.74, 6) is 1.48. The largest absolute Gasteiger partial charge is 0.493 e. The van der Waals surface area contributed by atoms with Crippen molar-refractivity contribution in [1.82, 2.24) is 0 Å². The first kappa shape index (κ1) is 12.8. The smallest absolute Gasteiger partial charge is 0.161 e. The fraction of sp³-hybridized carbons (Fsp3) is 0.500. The molecule has 16 heavy (non-hydrogen) atoms. The van der Waals surface area contributed by atoms with Crippen molar-refractivity contribution in [1.29, 1.82) is 0 Å². The van der Waals surface area contributed by atoms with E-state index < -0.39 is 0 Å². The van der Waals surface area contributed by atoms with E-state index in [0.717, 1.165) is 23.6 Å². The lowest BCUT2D eigenvalue weighted by Crippen LogP contribution is -2.84. The Labute approximate surface area is 96.2 Å². The monoisotopic (exact) mass is 226 g/mol. The first-order chi connectivity index (χ1) is 7.67. The Hall–Kier alpha value is -1.26. The van der Waals surface area contributed by atoms with E-state index in [0.29, 0.717) is 6.54 Å². The number of ether oxygens (including phenoxy) is 2. The van der Waals surface area contributed by atoms with Gasteiger partial charge in [0.2, 0.25) is 0 Å². The van der Waals surface area contributed by atoms with Crippen molar-refractivity contribution in [2.75, 3.05) is 20.8 Å². The SMILES string of the molecule is COc1ccc(C[NH2+]C[C@H](C)O)cc1OC. The zero-order chi connectivity index (χ0) is 12.0. The molecule has 0 aliphatic carbocycles. The van der Waals surface area contributed by atoms with Crippen LogP contribution in [0.1, 0.15) is 12.5 Å². The van der Waals surface area contributed by atoms with Crippen molar-refractivity contribution in [3.05, 3.63) is 23.8 Å². The number of quaternary nitrogens is 1. The molecule has 0 aliphatic rings. The van der Waals surface area contributed by atoms with Gasteiger partial charge in [-0.1, -0.05) is 0 Å². The molecule has 0 amide bonds. The fourth-order valence-electron chi connectivity index (χ4n) is 1.50. The molecule has 1 aromatic rings. The van der Waals surface area contributed by atoms with Crippen molar-refractivity contribution in [3.8, 4) is 11.5 Å². The summed E-state index contributed by atoms with van der Waals surface area (Å²) in [7, 11) is 3.25. The molecule has 1 rings (SSSR count). The third kappa shape index (κ3) is 3.72. The van der Waals surface area contributed by atoms with Crippen LogP contribution >= 0.6 is 0 Å². The van der Waals surface area contributed by atoms with Crippen LogP contribution in [0.4, 0.5) is 0 Å². The average Bonchev–Trinajstić information content (AvgIpc) is 2.28. The van der Waals surface area contributed by atoms with Gasteiger partial charge in [0.05, 0.1) is 20.3 Å². The van der Waals surface area contributed by atoms with Gasteiger partial charge in [0.15, 0.2) is 11.5 Å². The summed E-state index contributed by atoms with van der Waals surface area (Å²) in [6.07, 6.45) is -0.278. The minimum Gasteiger partial charge on any atom is -0.493 e. The molecule has 4 heteroatoms. The van der Waals surface area contributed by atoms with Crippen molar-refractivity contribution < 1.29 is 19.9 Å². The molecule has 1 atom stereocenters. The lowest BCUT2D eigenvalue weighted by atomic mass is 10.2. The molecular weight excluding hydrogens is 206 g/mol. The van der Waals surface area contributed by atoms with E-state index in [2.05, 4.69) is 5.32 Å². The van der Waals surface area contributed by atoms with Gasteiger partial charge in [-0.3, -0.25) is 0 Å². The van der Waals surface area contributed by atoms with E-state index in [1.165, 1.54) is 0 Å². The second-order valence-electron chi connectivity index (χ2n) is 3.77. The summed E-state index contributed by atoms with van der Waals surface area (Å²) in [6.45, 7) is 3.31. The normalized spacial score (nSPS) is 12.2. The third-order valence-corrected chi connectivity index (χ3v) is 2.34. The Balaban J connectivity index is 2.60. The van der Waals surface area contributed by atoms with Crippen molar-refractivity contribution >= 4 is 0 Å². The van der Waals surface area contributed by atoms with Gasteiger partial charge in [0.1, 0.15) is 13.1 Å². The second-order valence-corrected chi connectivity index (χ2v) is 3.77. The maximum Gasteiger partial charge on any atom is 0.161 e. The summed E-state index contributed by atoms with van der Waals surface area (Å²) in [5, 5.41) is 11.2. The zero-order valence-electron chi connectivity index (χ0n) is 10.1. The minimum atomic E-state index is -0.278. The number of methoxy groups -OCH3 is 2. The van der Waals surface area contributed by atoms with Gasteiger partial charge in [-0.15, -0.1) is 0 Å². The lowest BCUT2D eigenvalue weighted by Gasteiger charge is -2.09. The van der Waals surface area contributed by atoms with Gasteiger partial charge >= 0.3 is 0 Å². The van der Waals surface area contributed by atoms with Crippen LogP contribution in [0.2, 0.25) is 0 Å². The Bertz CT molecular complexity index is 326. The summed E-state index contributed by atoms with van der Waals surface area (Å²) >= 11 is 0. The molecule has 4 nitrogen and oxygen atoms in total. The molecule has 0 radical (unpaired) electrons. The van der Waals surface area contributed by atoms with Gasteiger partial charge < -0.3 is 19.9 Å². The highest BCUT2D eigenvalue weighted by Crippen LogP contribution is 2.27. The molecule has 0 fully saturated rings. The van der Waals surface area contributed by atoms with Crippen LogP contribution in [0.25, 0.3) is 0 Å².